The van der Waals surface area contributed by atoms with Crippen LogP contribution in [0, 0.1) is 5.82 Å². The Morgan fingerprint density at radius 3 is 2.69 bits per heavy atom. The summed E-state index contributed by atoms with van der Waals surface area (Å²) in [5.41, 5.74) is 6.40. The van der Waals surface area contributed by atoms with Gasteiger partial charge in [0, 0.05) is 24.7 Å². The van der Waals surface area contributed by atoms with E-state index in [0.717, 1.165) is 6.07 Å². The van der Waals surface area contributed by atoms with Crippen molar-refractivity contribution >= 4 is 17.4 Å². The maximum Gasteiger partial charge on any atom is 0.145 e. The average Bonchev–Trinajstić information content (AvgIpc) is 2.53. The second kappa shape index (κ2) is 3.68. The van der Waals surface area contributed by atoms with Crippen molar-refractivity contribution in [2.45, 2.75) is 0 Å². The summed E-state index contributed by atoms with van der Waals surface area (Å²) in [5.74, 6) is -0.457. The van der Waals surface area contributed by atoms with Crippen LogP contribution in [-0.4, -0.2) is 14.9 Å². The summed E-state index contributed by atoms with van der Waals surface area (Å²) in [7, 11) is 1.67. The quantitative estimate of drug-likeness (QED) is 0.804. The minimum absolute atomic E-state index is 0.0722. The van der Waals surface area contributed by atoms with Gasteiger partial charge in [-0.25, -0.2) is 4.39 Å². The SMILES string of the molecule is Cn1nc(-c2cc(Cl)c(F)cc2O)cc1N. The summed E-state index contributed by atoms with van der Waals surface area (Å²) < 4.78 is 14.5. The van der Waals surface area contributed by atoms with E-state index in [4.69, 9.17) is 17.3 Å². The van der Waals surface area contributed by atoms with E-state index in [1.807, 2.05) is 0 Å². The number of aryl methyl sites for hydroxylation is 1. The van der Waals surface area contributed by atoms with E-state index in [0.29, 0.717) is 17.1 Å². The van der Waals surface area contributed by atoms with Gasteiger partial charge in [0.2, 0.25) is 0 Å². The lowest BCUT2D eigenvalue weighted by Gasteiger charge is -2.02. The van der Waals surface area contributed by atoms with E-state index >= 15 is 0 Å². The van der Waals surface area contributed by atoms with Crippen LogP contribution >= 0.6 is 11.6 Å². The van der Waals surface area contributed by atoms with Gasteiger partial charge in [-0.3, -0.25) is 4.68 Å². The third-order valence-corrected chi connectivity index (χ3v) is 2.52. The molecule has 0 radical (unpaired) electrons. The van der Waals surface area contributed by atoms with Gasteiger partial charge in [-0.1, -0.05) is 11.6 Å². The van der Waals surface area contributed by atoms with Crippen molar-refractivity contribution in [1.82, 2.24) is 9.78 Å². The molecule has 2 rings (SSSR count). The minimum atomic E-state index is -0.674. The predicted octanol–water partition coefficient (Wildman–Crippen LogP) is 2.17. The fourth-order valence-electron chi connectivity index (χ4n) is 1.35. The van der Waals surface area contributed by atoms with Gasteiger partial charge < -0.3 is 10.8 Å². The molecule has 0 fully saturated rings. The zero-order chi connectivity index (χ0) is 11.9. The summed E-state index contributed by atoms with van der Waals surface area (Å²) in [6, 6.07) is 3.83. The molecule has 0 aliphatic heterocycles. The maximum atomic E-state index is 13.0. The number of aromatic hydroxyl groups is 1. The molecule has 6 heteroatoms. The summed E-state index contributed by atoms with van der Waals surface area (Å²) in [5, 5.41) is 13.6. The molecule has 0 atom stereocenters. The molecule has 2 aromatic rings. The van der Waals surface area contributed by atoms with Gasteiger partial charge in [-0.2, -0.15) is 5.10 Å². The van der Waals surface area contributed by atoms with Crippen molar-refractivity contribution in [2.24, 2.45) is 7.05 Å². The second-order valence-corrected chi connectivity index (χ2v) is 3.77. The summed E-state index contributed by atoms with van der Waals surface area (Å²) in [4.78, 5) is 0. The van der Waals surface area contributed by atoms with E-state index in [9.17, 15) is 9.50 Å². The van der Waals surface area contributed by atoms with Gasteiger partial charge >= 0.3 is 0 Å². The number of hydrogen-bond acceptors (Lipinski definition) is 3. The van der Waals surface area contributed by atoms with Gasteiger partial charge in [0.1, 0.15) is 17.4 Å². The molecule has 0 bridgehead atoms. The standard InChI is InChI=1S/C10H9ClFN3O/c1-15-10(13)4-8(14-15)5-2-6(11)7(12)3-9(5)16/h2-4,16H,13H2,1H3. The molecule has 0 saturated carbocycles. The van der Waals surface area contributed by atoms with E-state index in [1.54, 1.807) is 13.1 Å². The minimum Gasteiger partial charge on any atom is -0.507 e. The number of nitrogen functional groups attached to an aromatic ring is 1. The number of phenolic OH excluding ortho intramolecular Hbond substituents is 1. The number of rotatable bonds is 1. The number of anilines is 1. The van der Waals surface area contributed by atoms with Crippen LogP contribution in [0.3, 0.4) is 0 Å². The third-order valence-electron chi connectivity index (χ3n) is 2.23. The molecule has 16 heavy (non-hydrogen) atoms. The van der Waals surface area contributed by atoms with Crippen molar-refractivity contribution < 1.29 is 9.50 Å². The van der Waals surface area contributed by atoms with Crippen LogP contribution in [-0.2, 0) is 7.05 Å². The van der Waals surface area contributed by atoms with E-state index < -0.39 is 5.82 Å². The summed E-state index contributed by atoms with van der Waals surface area (Å²) >= 11 is 5.63. The van der Waals surface area contributed by atoms with Crippen molar-refractivity contribution in [1.29, 1.82) is 0 Å². The summed E-state index contributed by atoms with van der Waals surface area (Å²) in [6.45, 7) is 0. The third kappa shape index (κ3) is 1.69. The van der Waals surface area contributed by atoms with Crippen LogP contribution in [0.5, 0.6) is 5.75 Å². The molecule has 0 unspecified atom stereocenters. The zero-order valence-corrected chi connectivity index (χ0v) is 9.16. The molecule has 84 valence electrons. The van der Waals surface area contributed by atoms with Gasteiger partial charge in [0.15, 0.2) is 0 Å². The van der Waals surface area contributed by atoms with Crippen molar-refractivity contribution in [2.75, 3.05) is 5.73 Å². The highest BCUT2D eigenvalue weighted by Crippen LogP contribution is 2.33. The Kier molecular flexibility index (Phi) is 2.47. The van der Waals surface area contributed by atoms with Crippen LogP contribution < -0.4 is 5.73 Å². The molecular weight excluding hydrogens is 233 g/mol. The van der Waals surface area contributed by atoms with Crippen LogP contribution in [0.1, 0.15) is 0 Å². The van der Waals surface area contributed by atoms with E-state index in [2.05, 4.69) is 5.10 Å². The molecular formula is C10H9ClFN3O. The van der Waals surface area contributed by atoms with Gasteiger partial charge in [-0.05, 0) is 6.07 Å². The molecule has 0 aliphatic rings. The largest absolute Gasteiger partial charge is 0.507 e. The van der Waals surface area contributed by atoms with Crippen LogP contribution in [0.2, 0.25) is 5.02 Å². The number of benzene rings is 1. The van der Waals surface area contributed by atoms with Crippen LogP contribution in [0.15, 0.2) is 18.2 Å². The number of phenols is 1. The predicted molar refractivity (Wildman–Crippen MR) is 59.7 cm³/mol. The molecule has 0 aliphatic carbocycles. The second-order valence-electron chi connectivity index (χ2n) is 3.36. The van der Waals surface area contributed by atoms with Crippen molar-refractivity contribution in [3.8, 4) is 17.0 Å². The zero-order valence-electron chi connectivity index (χ0n) is 8.41. The normalized spacial score (nSPS) is 10.7. The Morgan fingerprint density at radius 2 is 2.12 bits per heavy atom. The van der Waals surface area contributed by atoms with Crippen molar-refractivity contribution in [3.05, 3.63) is 29.0 Å². The molecule has 3 N–H and O–H groups in total. The highest BCUT2D eigenvalue weighted by Gasteiger charge is 2.13. The van der Waals surface area contributed by atoms with Gasteiger partial charge in [0.25, 0.3) is 0 Å². The lowest BCUT2D eigenvalue weighted by Crippen LogP contribution is -1.96. The van der Waals surface area contributed by atoms with Crippen molar-refractivity contribution in [3.63, 3.8) is 0 Å². The molecule has 1 aromatic heterocycles. The monoisotopic (exact) mass is 241 g/mol. The molecule has 4 nitrogen and oxygen atoms in total. The lowest BCUT2D eigenvalue weighted by molar-refractivity contribution is 0.471. The lowest BCUT2D eigenvalue weighted by atomic mass is 10.1. The Labute approximate surface area is 96.1 Å². The molecule has 0 amide bonds. The first-order valence-electron chi connectivity index (χ1n) is 4.47. The molecule has 1 heterocycles. The highest BCUT2D eigenvalue weighted by molar-refractivity contribution is 6.31. The average molecular weight is 242 g/mol. The van der Waals surface area contributed by atoms with Gasteiger partial charge in [-0.15, -0.1) is 0 Å². The summed E-state index contributed by atoms with van der Waals surface area (Å²) in [6.07, 6.45) is 0. The van der Waals surface area contributed by atoms with Gasteiger partial charge in [0.05, 0.1) is 10.7 Å². The fraction of sp³-hybridized carbons (Fsp3) is 0.100. The Balaban J connectivity index is 2.60. The van der Waals surface area contributed by atoms with Crippen LogP contribution in [0.25, 0.3) is 11.3 Å². The number of nitrogens with two attached hydrogens (primary N) is 1. The fourth-order valence-corrected chi connectivity index (χ4v) is 1.52. The van der Waals surface area contributed by atoms with E-state index in [-0.39, 0.29) is 10.8 Å². The maximum absolute atomic E-state index is 13.0. The first-order chi connectivity index (χ1) is 7.49. The topological polar surface area (TPSA) is 64.1 Å². The molecule has 0 spiro atoms. The highest BCUT2D eigenvalue weighted by atomic mass is 35.5. The number of aromatic nitrogens is 2. The number of hydrogen-bond donors (Lipinski definition) is 2. The first kappa shape index (κ1) is 10.8. The first-order valence-corrected chi connectivity index (χ1v) is 4.84. The molecule has 1 aromatic carbocycles. The van der Waals surface area contributed by atoms with Crippen LogP contribution in [0.4, 0.5) is 10.2 Å². The number of halogens is 2. The smallest absolute Gasteiger partial charge is 0.145 e. The Morgan fingerprint density at radius 1 is 1.44 bits per heavy atom. The Bertz CT molecular complexity index is 534. The Hall–Kier alpha value is -1.75. The molecule has 0 saturated heterocycles. The number of nitrogens with zero attached hydrogens (tertiary/aromatic N) is 2. The van der Waals surface area contributed by atoms with E-state index in [1.165, 1.54) is 10.7 Å².